The summed E-state index contributed by atoms with van der Waals surface area (Å²) in [5, 5.41) is 1.86. The Labute approximate surface area is 69.5 Å². The first-order valence-corrected chi connectivity index (χ1v) is 3.49. The fourth-order valence-electron chi connectivity index (χ4n) is 0.538. The van der Waals surface area contributed by atoms with Crippen LogP contribution in [0.1, 0.15) is 9.67 Å². The van der Waals surface area contributed by atoms with Gasteiger partial charge in [0.2, 0.25) is 0 Å². The van der Waals surface area contributed by atoms with E-state index in [4.69, 9.17) is 5.73 Å². The average molecular weight is 177 g/mol. The van der Waals surface area contributed by atoms with Gasteiger partial charge in [-0.2, -0.15) is 0 Å². The van der Waals surface area contributed by atoms with E-state index in [1.54, 1.807) is 6.07 Å². The highest BCUT2D eigenvalue weighted by Crippen LogP contribution is 2.07. The number of carbonyl (C=O) groups is 1. The van der Waals surface area contributed by atoms with Crippen LogP contribution in [0.3, 0.4) is 0 Å². The molecule has 0 aliphatic carbocycles. The molecule has 0 fully saturated rings. The highest BCUT2D eigenvalue weighted by atomic mass is 35.5. The van der Waals surface area contributed by atoms with E-state index in [2.05, 4.69) is 0 Å². The number of halogens is 1. The van der Waals surface area contributed by atoms with Crippen molar-refractivity contribution >= 4 is 17.1 Å². The van der Waals surface area contributed by atoms with Crippen molar-refractivity contribution in [2.45, 2.75) is 0 Å². The monoisotopic (exact) mass is 176 g/mol. The summed E-state index contributed by atoms with van der Waals surface area (Å²) in [5.41, 5.74) is 5.12. The molecule has 1 aromatic rings. The second kappa shape index (κ2) is 4.44. The Kier molecular flexibility index (Phi) is 4.27. The standard InChI is InChI=1S/C6H7NOS.ClH/c7-4-5(8)6-2-1-3-9-6;/h1-3H,4,7H2;1H/p-1. The van der Waals surface area contributed by atoms with Crippen LogP contribution in [0, 0.1) is 0 Å². The van der Waals surface area contributed by atoms with E-state index in [0.717, 1.165) is 4.88 Å². The lowest BCUT2D eigenvalue weighted by molar-refractivity contribution is -0.00000949. The predicted octanol–water partition coefficient (Wildman–Crippen LogP) is -2.11. The Balaban J connectivity index is 0.000000810. The summed E-state index contributed by atoms with van der Waals surface area (Å²) in [5.74, 6) is 0.0185. The summed E-state index contributed by atoms with van der Waals surface area (Å²) in [6, 6.07) is 3.62. The Morgan fingerprint density at radius 2 is 2.40 bits per heavy atom. The maximum absolute atomic E-state index is 10.8. The van der Waals surface area contributed by atoms with E-state index in [0.29, 0.717) is 0 Å². The molecular formula is C6H7ClNOS-. The average Bonchev–Trinajstić information content (AvgIpc) is 2.37. The minimum Gasteiger partial charge on any atom is -1.00 e. The number of hydrogen-bond donors (Lipinski definition) is 1. The molecule has 0 saturated heterocycles. The molecule has 0 amide bonds. The van der Waals surface area contributed by atoms with Gasteiger partial charge < -0.3 is 18.1 Å². The molecule has 2 N–H and O–H groups in total. The van der Waals surface area contributed by atoms with Crippen LogP contribution < -0.4 is 18.1 Å². The van der Waals surface area contributed by atoms with Crippen molar-refractivity contribution in [2.24, 2.45) is 5.73 Å². The molecule has 56 valence electrons. The molecule has 0 radical (unpaired) electrons. The number of carbonyl (C=O) groups excluding carboxylic acids is 1. The third-order valence-corrected chi connectivity index (χ3v) is 1.89. The van der Waals surface area contributed by atoms with Gasteiger partial charge in [-0.1, -0.05) is 6.07 Å². The lowest BCUT2D eigenvalue weighted by Crippen LogP contribution is -3.00. The number of Topliss-reactive ketones (excluding diaryl/α,β-unsaturated/α-hetero) is 1. The minimum atomic E-state index is 0. The van der Waals surface area contributed by atoms with Gasteiger partial charge >= 0.3 is 0 Å². The molecule has 4 heteroatoms. The van der Waals surface area contributed by atoms with E-state index < -0.39 is 0 Å². The molecule has 0 saturated carbocycles. The maximum Gasteiger partial charge on any atom is 0.186 e. The highest BCUT2D eigenvalue weighted by Gasteiger charge is 2.01. The van der Waals surface area contributed by atoms with Crippen LogP contribution in [0.4, 0.5) is 0 Å². The van der Waals surface area contributed by atoms with Crippen molar-refractivity contribution in [3.63, 3.8) is 0 Å². The van der Waals surface area contributed by atoms with E-state index >= 15 is 0 Å². The Hall–Kier alpha value is -0.380. The Morgan fingerprint density at radius 1 is 1.70 bits per heavy atom. The van der Waals surface area contributed by atoms with Crippen molar-refractivity contribution in [1.82, 2.24) is 0 Å². The summed E-state index contributed by atoms with van der Waals surface area (Å²) in [6.45, 7) is 0.112. The first-order valence-electron chi connectivity index (χ1n) is 2.61. The maximum atomic E-state index is 10.8. The number of thiophene rings is 1. The molecular weight excluding hydrogens is 170 g/mol. The van der Waals surface area contributed by atoms with Gasteiger partial charge in [-0.3, -0.25) is 4.79 Å². The van der Waals surface area contributed by atoms with E-state index in [-0.39, 0.29) is 24.7 Å². The zero-order chi connectivity index (χ0) is 6.69. The Morgan fingerprint density at radius 3 is 2.80 bits per heavy atom. The van der Waals surface area contributed by atoms with Crippen LogP contribution in [0.2, 0.25) is 0 Å². The zero-order valence-corrected chi connectivity index (χ0v) is 6.78. The molecule has 0 unspecified atom stereocenters. The third-order valence-electron chi connectivity index (χ3n) is 0.981. The van der Waals surface area contributed by atoms with Crippen molar-refractivity contribution < 1.29 is 17.2 Å². The molecule has 1 aromatic heterocycles. The van der Waals surface area contributed by atoms with Crippen LogP contribution >= 0.6 is 11.3 Å². The molecule has 2 nitrogen and oxygen atoms in total. The van der Waals surface area contributed by atoms with Gasteiger partial charge in [0.05, 0.1) is 11.4 Å². The highest BCUT2D eigenvalue weighted by molar-refractivity contribution is 7.12. The quantitative estimate of drug-likeness (QED) is 0.525. The molecule has 0 spiro atoms. The Bertz CT molecular complexity index is 198. The van der Waals surface area contributed by atoms with Gasteiger partial charge in [0, 0.05) is 0 Å². The first kappa shape index (κ1) is 9.62. The summed E-state index contributed by atoms with van der Waals surface area (Å²) in [7, 11) is 0. The van der Waals surface area contributed by atoms with Crippen molar-refractivity contribution in [3.05, 3.63) is 22.4 Å². The fraction of sp³-hybridized carbons (Fsp3) is 0.167. The predicted molar refractivity (Wildman–Crippen MR) is 37.7 cm³/mol. The molecule has 0 bridgehead atoms. The first-order chi connectivity index (χ1) is 4.34. The van der Waals surface area contributed by atoms with Crippen molar-refractivity contribution in [3.8, 4) is 0 Å². The van der Waals surface area contributed by atoms with Crippen molar-refractivity contribution in [1.29, 1.82) is 0 Å². The van der Waals surface area contributed by atoms with Gasteiger partial charge in [-0.05, 0) is 11.4 Å². The van der Waals surface area contributed by atoms with Crippen LogP contribution in [0.15, 0.2) is 17.5 Å². The van der Waals surface area contributed by atoms with Gasteiger partial charge in [-0.25, -0.2) is 0 Å². The topological polar surface area (TPSA) is 43.1 Å². The number of nitrogens with two attached hydrogens (primary N) is 1. The van der Waals surface area contributed by atoms with Crippen molar-refractivity contribution in [2.75, 3.05) is 6.54 Å². The largest absolute Gasteiger partial charge is 1.00 e. The molecule has 1 heterocycles. The van der Waals surface area contributed by atoms with Gasteiger partial charge in [0.25, 0.3) is 0 Å². The van der Waals surface area contributed by atoms with Gasteiger partial charge in [-0.15, -0.1) is 11.3 Å². The summed E-state index contributed by atoms with van der Waals surface area (Å²) in [6.07, 6.45) is 0. The molecule has 0 aliphatic rings. The van der Waals surface area contributed by atoms with E-state index in [9.17, 15) is 4.79 Å². The number of rotatable bonds is 2. The smallest absolute Gasteiger partial charge is 0.186 e. The minimum absolute atomic E-state index is 0. The SMILES string of the molecule is NCC(=O)c1cccs1.[Cl-]. The molecule has 0 aliphatic heterocycles. The third kappa shape index (κ3) is 2.10. The molecule has 10 heavy (non-hydrogen) atoms. The van der Waals surface area contributed by atoms with Crippen LogP contribution in [-0.4, -0.2) is 12.3 Å². The second-order valence-electron chi connectivity index (χ2n) is 1.60. The molecule has 1 rings (SSSR count). The lowest BCUT2D eigenvalue weighted by atomic mass is 10.3. The van der Waals surface area contributed by atoms with E-state index in [1.807, 2.05) is 11.4 Å². The van der Waals surface area contributed by atoms with E-state index in [1.165, 1.54) is 11.3 Å². The van der Waals surface area contributed by atoms with Crippen LogP contribution in [-0.2, 0) is 0 Å². The summed E-state index contributed by atoms with van der Waals surface area (Å²) in [4.78, 5) is 11.5. The summed E-state index contributed by atoms with van der Waals surface area (Å²) >= 11 is 1.43. The van der Waals surface area contributed by atoms with Gasteiger partial charge in [0.15, 0.2) is 5.78 Å². The number of ketones is 1. The zero-order valence-electron chi connectivity index (χ0n) is 5.21. The summed E-state index contributed by atoms with van der Waals surface area (Å²) < 4.78 is 0. The van der Waals surface area contributed by atoms with Crippen LogP contribution in [0.25, 0.3) is 0 Å². The van der Waals surface area contributed by atoms with Gasteiger partial charge in [0.1, 0.15) is 0 Å². The molecule has 0 aromatic carbocycles. The molecule has 0 atom stereocenters. The number of hydrogen-bond acceptors (Lipinski definition) is 3. The normalized spacial score (nSPS) is 8.50. The second-order valence-corrected chi connectivity index (χ2v) is 2.55. The fourth-order valence-corrected chi connectivity index (χ4v) is 1.21. The van der Waals surface area contributed by atoms with Crippen LogP contribution in [0.5, 0.6) is 0 Å². The lowest BCUT2D eigenvalue weighted by Gasteiger charge is -1.86.